The van der Waals surface area contributed by atoms with E-state index in [2.05, 4.69) is 0 Å². The molecule has 0 aliphatic rings. The molecule has 0 N–H and O–H groups in total. The Bertz CT molecular complexity index is 729. The van der Waals surface area contributed by atoms with E-state index in [1.54, 1.807) is 0 Å². The normalized spacial score (nSPS) is 11.7. The van der Waals surface area contributed by atoms with Gasteiger partial charge in [-0.15, -0.1) is 0 Å². The van der Waals surface area contributed by atoms with Crippen molar-refractivity contribution in [2.75, 3.05) is 7.11 Å². The van der Waals surface area contributed by atoms with Crippen LogP contribution < -0.4 is 4.74 Å². The first-order valence-corrected chi connectivity index (χ1v) is 7.21. The van der Waals surface area contributed by atoms with Gasteiger partial charge >= 0.3 is 0 Å². The highest BCUT2D eigenvalue weighted by Crippen LogP contribution is 2.35. The molecular formula is C11H9ClO5S. The number of hydrogen-bond acceptors (Lipinski definition) is 5. The van der Waals surface area contributed by atoms with Gasteiger partial charge in [-0.3, -0.25) is 4.79 Å². The van der Waals surface area contributed by atoms with E-state index in [0.29, 0.717) is 5.75 Å². The summed E-state index contributed by atoms with van der Waals surface area (Å²) in [7, 11) is 2.82. The molecule has 0 aliphatic carbocycles. The third-order valence-corrected chi connectivity index (χ3v) is 3.82. The van der Waals surface area contributed by atoms with Gasteiger partial charge in [-0.2, -0.15) is 0 Å². The zero-order valence-electron chi connectivity index (χ0n) is 9.56. The molecular weight excluding hydrogens is 280 g/mol. The molecule has 1 aromatic carbocycles. The third-order valence-electron chi connectivity index (χ3n) is 2.44. The fourth-order valence-corrected chi connectivity index (χ4v) is 2.67. The molecule has 5 nitrogen and oxygen atoms in total. The van der Waals surface area contributed by atoms with Crippen LogP contribution in [0, 0.1) is 0 Å². The molecule has 0 spiro atoms. The van der Waals surface area contributed by atoms with Gasteiger partial charge in [0.05, 0.1) is 12.0 Å². The first-order chi connectivity index (χ1) is 8.34. The summed E-state index contributed by atoms with van der Waals surface area (Å²) in [4.78, 5) is 11.1. The Kier molecular flexibility index (Phi) is 3.08. The van der Waals surface area contributed by atoms with E-state index < -0.39 is 9.05 Å². The maximum absolute atomic E-state index is 11.4. The molecule has 96 valence electrons. The quantitative estimate of drug-likeness (QED) is 0.641. The number of carbonyl (C=O) groups excluding carboxylic acids is 1. The summed E-state index contributed by atoms with van der Waals surface area (Å²) in [5.74, 6) is 0.0730. The van der Waals surface area contributed by atoms with Gasteiger partial charge in [0.2, 0.25) is 0 Å². The van der Waals surface area contributed by atoms with Crippen molar-refractivity contribution in [2.45, 2.75) is 11.8 Å². The number of fused-ring (bicyclic) bond motifs is 1. The summed E-state index contributed by atoms with van der Waals surface area (Å²) in [6.07, 6.45) is 0. The SMILES string of the molecule is COc1ccc(S(=O)(=O)Cl)c2cc(C(C)=O)oc12. The molecule has 0 aliphatic heterocycles. The zero-order chi connectivity index (χ0) is 13.5. The minimum Gasteiger partial charge on any atom is -0.493 e. The highest BCUT2D eigenvalue weighted by atomic mass is 35.7. The number of carbonyl (C=O) groups is 1. The predicted octanol–water partition coefficient (Wildman–Crippen LogP) is 2.57. The molecule has 0 saturated carbocycles. The lowest BCUT2D eigenvalue weighted by atomic mass is 10.2. The van der Waals surface area contributed by atoms with Gasteiger partial charge in [0.1, 0.15) is 0 Å². The molecule has 2 rings (SSSR count). The van der Waals surface area contributed by atoms with Gasteiger partial charge in [0.25, 0.3) is 9.05 Å². The molecule has 0 fully saturated rings. The van der Waals surface area contributed by atoms with E-state index in [9.17, 15) is 13.2 Å². The minimum atomic E-state index is -3.92. The van der Waals surface area contributed by atoms with Crippen LogP contribution in [0.4, 0.5) is 0 Å². The standard InChI is InChI=1S/C11H9ClO5S/c1-6(13)9-5-7-10(18(12,14)15)4-3-8(16-2)11(7)17-9/h3-5H,1-2H3. The molecule has 0 atom stereocenters. The number of rotatable bonds is 3. The van der Waals surface area contributed by atoms with E-state index in [1.165, 1.54) is 32.2 Å². The second kappa shape index (κ2) is 4.29. The molecule has 0 saturated heterocycles. The van der Waals surface area contributed by atoms with Gasteiger partial charge in [-0.05, 0) is 18.2 Å². The number of methoxy groups -OCH3 is 1. The van der Waals surface area contributed by atoms with Crippen molar-refractivity contribution in [3.63, 3.8) is 0 Å². The van der Waals surface area contributed by atoms with Crippen molar-refractivity contribution in [3.8, 4) is 5.75 Å². The van der Waals surface area contributed by atoms with Crippen LogP contribution in [-0.4, -0.2) is 21.3 Å². The second-order valence-electron chi connectivity index (χ2n) is 3.61. The lowest BCUT2D eigenvalue weighted by Gasteiger charge is -2.02. The first kappa shape index (κ1) is 12.9. The lowest BCUT2D eigenvalue weighted by Crippen LogP contribution is -1.92. The molecule has 7 heteroatoms. The second-order valence-corrected chi connectivity index (χ2v) is 6.15. The summed E-state index contributed by atoms with van der Waals surface area (Å²) >= 11 is 0. The molecule has 2 aromatic rings. The first-order valence-electron chi connectivity index (χ1n) is 4.90. The molecule has 0 radical (unpaired) electrons. The summed E-state index contributed by atoms with van der Waals surface area (Å²) in [6, 6.07) is 4.07. The number of halogens is 1. The largest absolute Gasteiger partial charge is 0.493 e. The Labute approximate surface area is 108 Å². The van der Waals surface area contributed by atoms with Crippen LogP contribution in [0.15, 0.2) is 27.5 Å². The number of ketones is 1. The van der Waals surface area contributed by atoms with Gasteiger partial charge in [0.15, 0.2) is 22.9 Å². The minimum absolute atomic E-state index is 0.0519. The van der Waals surface area contributed by atoms with Gasteiger partial charge in [-0.1, -0.05) is 0 Å². The van der Waals surface area contributed by atoms with Crippen LogP contribution in [0.2, 0.25) is 0 Å². The number of ether oxygens (including phenoxy) is 1. The summed E-state index contributed by atoms with van der Waals surface area (Å²) in [5.41, 5.74) is 0.185. The molecule has 0 unspecified atom stereocenters. The highest BCUT2D eigenvalue weighted by Gasteiger charge is 2.21. The van der Waals surface area contributed by atoms with Crippen molar-refractivity contribution < 1.29 is 22.4 Å². The Morgan fingerprint density at radius 2 is 2.06 bits per heavy atom. The lowest BCUT2D eigenvalue weighted by molar-refractivity contribution is 0.0989. The number of Topliss-reactive ketones (excluding diaryl/α,β-unsaturated/α-hetero) is 1. The Hall–Kier alpha value is -1.53. The topological polar surface area (TPSA) is 73.6 Å². The number of hydrogen-bond donors (Lipinski definition) is 0. The molecule has 0 bridgehead atoms. The summed E-state index contributed by atoms with van der Waals surface area (Å²) in [6.45, 7) is 1.32. The van der Waals surface area contributed by atoms with Crippen LogP contribution in [-0.2, 0) is 9.05 Å². The summed E-state index contributed by atoms with van der Waals surface area (Å²) < 4.78 is 33.2. The average Bonchev–Trinajstić information content (AvgIpc) is 2.70. The van der Waals surface area contributed by atoms with Crippen molar-refractivity contribution in [1.82, 2.24) is 0 Å². The fourth-order valence-electron chi connectivity index (χ4n) is 1.62. The van der Waals surface area contributed by atoms with Crippen LogP contribution in [0.5, 0.6) is 5.75 Å². The van der Waals surface area contributed by atoms with E-state index in [-0.39, 0.29) is 27.4 Å². The van der Waals surface area contributed by atoms with Crippen molar-refractivity contribution in [3.05, 3.63) is 24.0 Å². The van der Waals surface area contributed by atoms with Gasteiger partial charge in [-0.25, -0.2) is 8.42 Å². The Morgan fingerprint density at radius 3 is 2.56 bits per heavy atom. The molecule has 18 heavy (non-hydrogen) atoms. The van der Waals surface area contributed by atoms with Crippen molar-refractivity contribution >= 4 is 36.5 Å². The average molecular weight is 289 g/mol. The Morgan fingerprint density at radius 1 is 1.39 bits per heavy atom. The van der Waals surface area contributed by atoms with Crippen molar-refractivity contribution in [2.24, 2.45) is 0 Å². The highest BCUT2D eigenvalue weighted by molar-refractivity contribution is 8.14. The van der Waals surface area contributed by atoms with E-state index in [0.717, 1.165) is 0 Å². The van der Waals surface area contributed by atoms with E-state index in [4.69, 9.17) is 19.8 Å². The van der Waals surface area contributed by atoms with E-state index >= 15 is 0 Å². The van der Waals surface area contributed by atoms with Crippen LogP contribution in [0.25, 0.3) is 11.0 Å². The van der Waals surface area contributed by atoms with Crippen LogP contribution >= 0.6 is 10.7 Å². The smallest absolute Gasteiger partial charge is 0.262 e. The molecule has 1 aromatic heterocycles. The number of benzene rings is 1. The maximum atomic E-state index is 11.4. The van der Waals surface area contributed by atoms with Crippen LogP contribution in [0.1, 0.15) is 17.5 Å². The molecule has 0 amide bonds. The monoisotopic (exact) mass is 288 g/mol. The zero-order valence-corrected chi connectivity index (χ0v) is 11.1. The maximum Gasteiger partial charge on any atom is 0.262 e. The van der Waals surface area contributed by atoms with Crippen molar-refractivity contribution in [1.29, 1.82) is 0 Å². The van der Waals surface area contributed by atoms with Gasteiger partial charge < -0.3 is 9.15 Å². The van der Waals surface area contributed by atoms with Gasteiger partial charge in [0, 0.05) is 23.0 Å². The molecule has 1 heterocycles. The Balaban J connectivity index is 2.89. The van der Waals surface area contributed by atoms with Crippen LogP contribution in [0.3, 0.4) is 0 Å². The fraction of sp³-hybridized carbons (Fsp3) is 0.182. The predicted molar refractivity (Wildman–Crippen MR) is 65.8 cm³/mol. The summed E-state index contributed by atoms with van der Waals surface area (Å²) in [5, 5.41) is 0.231. The number of furan rings is 1. The third kappa shape index (κ3) is 2.09. The van der Waals surface area contributed by atoms with E-state index in [1.807, 2.05) is 0 Å².